The van der Waals surface area contributed by atoms with Crippen LogP contribution in [-0.2, 0) is 7.05 Å². The minimum Gasteiger partial charge on any atom is -0.346 e. The predicted octanol–water partition coefficient (Wildman–Crippen LogP) is 1.88. The van der Waals surface area contributed by atoms with E-state index in [0.717, 1.165) is 0 Å². The highest BCUT2D eigenvalue weighted by atomic mass is 16.2. The molecule has 0 saturated heterocycles. The van der Waals surface area contributed by atoms with Crippen LogP contribution in [0, 0.1) is 0 Å². The summed E-state index contributed by atoms with van der Waals surface area (Å²) in [5.74, 6) is 0.124. The van der Waals surface area contributed by atoms with Gasteiger partial charge in [-0.3, -0.25) is 9.59 Å². The molecule has 1 amide bonds. The van der Waals surface area contributed by atoms with Gasteiger partial charge in [-0.05, 0) is 25.1 Å². The lowest BCUT2D eigenvalue weighted by Crippen LogP contribution is -2.15. The number of anilines is 1. The minimum absolute atomic E-state index is 0.0671. The molecule has 0 atom stereocenters. The molecule has 0 spiro atoms. The Balaban J connectivity index is 2.22. The van der Waals surface area contributed by atoms with E-state index in [4.69, 9.17) is 0 Å². The van der Waals surface area contributed by atoms with Gasteiger partial charge in [0.15, 0.2) is 5.78 Å². The minimum atomic E-state index is -0.288. The smallest absolute Gasteiger partial charge is 0.273 e. The number of nitrogens with zero attached hydrogens (tertiary/aromatic N) is 2. The standard InChI is InChI=1S/C13H13N3O2/c1-9(17)10-7-11(16(2)8-10)13(18)15-12-5-3-4-6-14-12/h3-8H,1-2H3,(H,14,15,18). The molecule has 0 aliphatic rings. The number of Topliss-reactive ketones (excluding diaryl/α,β-unsaturated/α-hetero) is 1. The molecule has 0 aliphatic carbocycles. The van der Waals surface area contributed by atoms with E-state index in [1.165, 1.54) is 6.92 Å². The van der Waals surface area contributed by atoms with Crippen LogP contribution in [0.3, 0.4) is 0 Å². The third-order valence-corrected chi connectivity index (χ3v) is 2.55. The molecule has 0 saturated carbocycles. The van der Waals surface area contributed by atoms with Crippen molar-refractivity contribution in [3.8, 4) is 0 Å². The van der Waals surface area contributed by atoms with Crippen molar-refractivity contribution >= 4 is 17.5 Å². The molecule has 2 aromatic heterocycles. The van der Waals surface area contributed by atoms with E-state index in [1.54, 1.807) is 48.3 Å². The first-order valence-electron chi connectivity index (χ1n) is 5.47. The summed E-state index contributed by atoms with van der Waals surface area (Å²) >= 11 is 0. The summed E-state index contributed by atoms with van der Waals surface area (Å²) in [7, 11) is 1.72. The molecule has 18 heavy (non-hydrogen) atoms. The first kappa shape index (κ1) is 12.0. The van der Waals surface area contributed by atoms with Crippen molar-refractivity contribution < 1.29 is 9.59 Å². The second-order valence-electron chi connectivity index (χ2n) is 3.95. The molecule has 2 heterocycles. The second-order valence-corrected chi connectivity index (χ2v) is 3.95. The van der Waals surface area contributed by atoms with Gasteiger partial charge in [0.1, 0.15) is 11.5 Å². The number of aromatic nitrogens is 2. The van der Waals surface area contributed by atoms with Crippen molar-refractivity contribution in [3.63, 3.8) is 0 Å². The quantitative estimate of drug-likeness (QED) is 0.837. The molecule has 2 rings (SSSR count). The molecule has 0 fully saturated rings. The van der Waals surface area contributed by atoms with Gasteiger partial charge in [0.05, 0.1) is 0 Å². The third-order valence-electron chi connectivity index (χ3n) is 2.55. The fraction of sp³-hybridized carbons (Fsp3) is 0.154. The van der Waals surface area contributed by atoms with Crippen LogP contribution in [-0.4, -0.2) is 21.2 Å². The molecule has 0 aromatic carbocycles. The van der Waals surface area contributed by atoms with Gasteiger partial charge >= 0.3 is 0 Å². The van der Waals surface area contributed by atoms with Crippen LogP contribution >= 0.6 is 0 Å². The van der Waals surface area contributed by atoms with Crippen LogP contribution in [0.1, 0.15) is 27.8 Å². The van der Waals surface area contributed by atoms with Gasteiger partial charge < -0.3 is 9.88 Å². The molecule has 0 aliphatic heterocycles. The van der Waals surface area contributed by atoms with E-state index in [0.29, 0.717) is 17.1 Å². The van der Waals surface area contributed by atoms with E-state index in [9.17, 15) is 9.59 Å². The van der Waals surface area contributed by atoms with Gasteiger partial charge in [-0.2, -0.15) is 0 Å². The van der Waals surface area contributed by atoms with Crippen molar-refractivity contribution in [2.75, 3.05) is 5.32 Å². The number of pyridine rings is 1. The number of carbonyl (C=O) groups is 2. The van der Waals surface area contributed by atoms with Crippen LogP contribution in [0.4, 0.5) is 5.82 Å². The molecule has 0 bridgehead atoms. The highest BCUT2D eigenvalue weighted by Crippen LogP contribution is 2.10. The summed E-state index contributed by atoms with van der Waals surface area (Å²) in [4.78, 5) is 27.2. The number of hydrogen-bond donors (Lipinski definition) is 1. The average molecular weight is 243 g/mol. The predicted molar refractivity (Wildman–Crippen MR) is 67.6 cm³/mol. The van der Waals surface area contributed by atoms with Gasteiger partial charge in [-0.15, -0.1) is 0 Å². The topological polar surface area (TPSA) is 64.0 Å². The van der Waals surface area contributed by atoms with Gasteiger partial charge in [0, 0.05) is 25.0 Å². The Kier molecular flexibility index (Phi) is 3.23. The first-order valence-corrected chi connectivity index (χ1v) is 5.47. The lowest BCUT2D eigenvalue weighted by molar-refractivity contribution is 0.101. The largest absolute Gasteiger partial charge is 0.346 e. The number of aryl methyl sites for hydroxylation is 1. The zero-order chi connectivity index (χ0) is 13.1. The zero-order valence-corrected chi connectivity index (χ0v) is 10.2. The van der Waals surface area contributed by atoms with Crippen molar-refractivity contribution in [1.29, 1.82) is 0 Å². The summed E-state index contributed by atoms with van der Waals surface area (Å²) < 4.78 is 1.62. The SMILES string of the molecule is CC(=O)c1cc(C(=O)Nc2ccccn2)n(C)c1. The van der Waals surface area contributed by atoms with Gasteiger partial charge in [-0.25, -0.2) is 4.98 Å². The lowest BCUT2D eigenvalue weighted by atomic mass is 10.2. The van der Waals surface area contributed by atoms with Crippen molar-refractivity contribution in [1.82, 2.24) is 9.55 Å². The summed E-state index contributed by atoms with van der Waals surface area (Å²) in [5, 5.41) is 2.67. The van der Waals surface area contributed by atoms with Crippen LogP contribution in [0.5, 0.6) is 0 Å². The van der Waals surface area contributed by atoms with Crippen LogP contribution < -0.4 is 5.32 Å². The van der Waals surface area contributed by atoms with E-state index in [1.807, 2.05) is 0 Å². The van der Waals surface area contributed by atoms with Crippen molar-refractivity contribution in [2.45, 2.75) is 6.92 Å². The Bertz CT molecular complexity index is 588. The highest BCUT2D eigenvalue weighted by Gasteiger charge is 2.14. The van der Waals surface area contributed by atoms with Gasteiger partial charge in [0.2, 0.25) is 0 Å². The normalized spacial score (nSPS) is 10.1. The van der Waals surface area contributed by atoms with Crippen molar-refractivity contribution in [2.24, 2.45) is 7.05 Å². The first-order chi connectivity index (χ1) is 8.58. The monoisotopic (exact) mass is 243 g/mol. The van der Waals surface area contributed by atoms with Crippen LogP contribution in [0.2, 0.25) is 0 Å². The Morgan fingerprint density at radius 2 is 2.11 bits per heavy atom. The molecule has 2 aromatic rings. The number of nitrogens with one attached hydrogen (secondary N) is 1. The Morgan fingerprint density at radius 1 is 1.33 bits per heavy atom. The Morgan fingerprint density at radius 3 is 2.67 bits per heavy atom. The Labute approximate surface area is 104 Å². The summed E-state index contributed by atoms with van der Waals surface area (Å²) in [6.45, 7) is 1.47. The molecular weight excluding hydrogens is 230 g/mol. The van der Waals surface area contributed by atoms with Crippen LogP contribution in [0.25, 0.3) is 0 Å². The molecule has 0 unspecified atom stereocenters. The summed E-state index contributed by atoms with van der Waals surface area (Å²) in [6, 6.07) is 6.83. The van der Waals surface area contributed by atoms with Gasteiger partial charge in [0.25, 0.3) is 5.91 Å². The van der Waals surface area contributed by atoms with E-state index < -0.39 is 0 Å². The van der Waals surface area contributed by atoms with E-state index in [-0.39, 0.29) is 11.7 Å². The molecule has 1 N–H and O–H groups in total. The number of rotatable bonds is 3. The number of hydrogen-bond acceptors (Lipinski definition) is 3. The van der Waals surface area contributed by atoms with Gasteiger partial charge in [-0.1, -0.05) is 6.07 Å². The maximum atomic E-state index is 12.0. The molecule has 5 nitrogen and oxygen atoms in total. The summed E-state index contributed by atoms with van der Waals surface area (Å²) in [5.41, 5.74) is 0.939. The third kappa shape index (κ3) is 2.45. The molecule has 92 valence electrons. The van der Waals surface area contributed by atoms with Crippen molar-refractivity contribution in [3.05, 3.63) is 47.9 Å². The average Bonchev–Trinajstić information content (AvgIpc) is 2.73. The maximum Gasteiger partial charge on any atom is 0.273 e. The number of amides is 1. The fourth-order valence-electron chi connectivity index (χ4n) is 1.60. The van der Waals surface area contributed by atoms with E-state index in [2.05, 4.69) is 10.3 Å². The summed E-state index contributed by atoms with van der Waals surface area (Å²) in [6.07, 6.45) is 3.23. The highest BCUT2D eigenvalue weighted by molar-refractivity contribution is 6.05. The second kappa shape index (κ2) is 4.83. The number of ketones is 1. The molecule has 0 radical (unpaired) electrons. The zero-order valence-electron chi connectivity index (χ0n) is 10.2. The fourth-order valence-corrected chi connectivity index (χ4v) is 1.60. The van der Waals surface area contributed by atoms with E-state index >= 15 is 0 Å². The molecule has 5 heteroatoms. The van der Waals surface area contributed by atoms with Crippen LogP contribution in [0.15, 0.2) is 36.7 Å². The lowest BCUT2D eigenvalue weighted by Gasteiger charge is -2.04. The Hall–Kier alpha value is -2.43. The maximum absolute atomic E-state index is 12.0. The molecular formula is C13H13N3O2. The number of carbonyl (C=O) groups excluding carboxylic acids is 2.